The average Bonchev–Trinajstić information content (AvgIpc) is 2.33. The molecule has 3 N–H and O–H groups in total. The Bertz CT molecular complexity index is 488. The van der Waals surface area contributed by atoms with E-state index in [2.05, 4.69) is 68.9 Å². The van der Waals surface area contributed by atoms with Crippen LogP contribution in [0.15, 0.2) is 12.7 Å². The first-order chi connectivity index (χ1) is 11.4. The predicted molar refractivity (Wildman–Crippen MR) is 113 cm³/mol. The zero-order valence-electron chi connectivity index (χ0n) is 19.0. The van der Waals surface area contributed by atoms with Crippen LogP contribution >= 0.6 is 0 Å². The standard InChI is InChI=1S/C23H45NO2/c1-11-13-20(5,6)15-22(9,10)17-23(24,18(25)26)16-21(7,8)14-19(3,4)12-2/h12H,2,11,13-17,24H2,1,3-10H3,(H,25,26). The van der Waals surface area contributed by atoms with Crippen molar-refractivity contribution in [2.24, 2.45) is 27.4 Å². The fraction of sp³-hybridized carbons (Fsp3) is 0.870. The van der Waals surface area contributed by atoms with E-state index in [-0.39, 0.29) is 21.7 Å². The van der Waals surface area contributed by atoms with Crippen molar-refractivity contribution in [3.8, 4) is 0 Å². The van der Waals surface area contributed by atoms with Gasteiger partial charge >= 0.3 is 5.97 Å². The number of carboxylic acids is 1. The molecule has 0 fully saturated rings. The SMILES string of the molecule is C=CC(C)(C)CC(C)(C)CC(N)(CC(C)(C)CC(C)(C)CCC)C(=O)O. The number of nitrogens with two attached hydrogens (primary N) is 1. The lowest BCUT2D eigenvalue weighted by atomic mass is 9.63. The van der Waals surface area contributed by atoms with Crippen LogP contribution in [0.2, 0.25) is 0 Å². The molecule has 0 aromatic rings. The minimum absolute atomic E-state index is 0.0401. The minimum Gasteiger partial charge on any atom is -0.480 e. The highest BCUT2D eigenvalue weighted by Crippen LogP contribution is 2.45. The number of hydrogen-bond donors (Lipinski definition) is 2. The molecule has 0 aliphatic carbocycles. The first-order valence-electron chi connectivity index (χ1n) is 10.1. The van der Waals surface area contributed by atoms with Gasteiger partial charge in [0.25, 0.3) is 0 Å². The van der Waals surface area contributed by atoms with Crippen LogP contribution in [0, 0.1) is 21.7 Å². The van der Waals surface area contributed by atoms with E-state index in [0.29, 0.717) is 12.8 Å². The fourth-order valence-electron chi connectivity index (χ4n) is 5.41. The van der Waals surface area contributed by atoms with Crippen LogP contribution in [0.3, 0.4) is 0 Å². The third-order valence-electron chi connectivity index (χ3n) is 5.38. The lowest BCUT2D eigenvalue weighted by Gasteiger charge is -2.43. The maximum absolute atomic E-state index is 12.2. The summed E-state index contributed by atoms with van der Waals surface area (Å²) in [6.45, 7) is 23.5. The average molecular weight is 368 g/mol. The maximum atomic E-state index is 12.2. The maximum Gasteiger partial charge on any atom is 0.323 e. The van der Waals surface area contributed by atoms with Crippen LogP contribution in [0.5, 0.6) is 0 Å². The molecule has 1 atom stereocenters. The molecule has 0 amide bonds. The number of hydrogen-bond acceptors (Lipinski definition) is 2. The molecule has 0 saturated heterocycles. The van der Waals surface area contributed by atoms with Gasteiger partial charge in [-0.05, 0) is 53.8 Å². The van der Waals surface area contributed by atoms with E-state index < -0.39 is 11.5 Å². The molecule has 3 nitrogen and oxygen atoms in total. The summed E-state index contributed by atoms with van der Waals surface area (Å²) >= 11 is 0. The number of allylic oxidation sites excluding steroid dienone is 1. The largest absolute Gasteiger partial charge is 0.480 e. The number of rotatable bonds is 12. The van der Waals surface area contributed by atoms with Gasteiger partial charge in [0, 0.05) is 0 Å². The lowest BCUT2D eigenvalue weighted by molar-refractivity contribution is -0.146. The van der Waals surface area contributed by atoms with E-state index in [0.717, 1.165) is 25.7 Å². The van der Waals surface area contributed by atoms with Crippen LogP contribution in [-0.2, 0) is 4.79 Å². The summed E-state index contributed by atoms with van der Waals surface area (Å²) in [5.41, 5.74) is 5.17. The van der Waals surface area contributed by atoms with E-state index in [1.165, 1.54) is 0 Å². The summed E-state index contributed by atoms with van der Waals surface area (Å²) in [6, 6.07) is 0. The summed E-state index contributed by atoms with van der Waals surface area (Å²) in [4.78, 5) is 12.2. The molecule has 1 unspecified atom stereocenters. The normalized spacial score (nSPS) is 16.2. The Morgan fingerprint density at radius 2 is 1.31 bits per heavy atom. The quantitative estimate of drug-likeness (QED) is 0.391. The molecule has 0 spiro atoms. The molecule has 0 heterocycles. The van der Waals surface area contributed by atoms with Crippen LogP contribution in [0.25, 0.3) is 0 Å². The van der Waals surface area contributed by atoms with E-state index in [1.807, 2.05) is 6.08 Å². The number of carboxylic acid groups (broad SMARTS) is 1. The van der Waals surface area contributed by atoms with Gasteiger partial charge in [0.2, 0.25) is 0 Å². The van der Waals surface area contributed by atoms with Gasteiger partial charge in [0.15, 0.2) is 0 Å². The van der Waals surface area contributed by atoms with Crippen molar-refractivity contribution >= 4 is 5.97 Å². The van der Waals surface area contributed by atoms with Gasteiger partial charge in [-0.2, -0.15) is 0 Å². The monoisotopic (exact) mass is 367 g/mol. The molecule has 3 heteroatoms. The van der Waals surface area contributed by atoms with Gasteiger partial charge in [-0.1, -0.05) is 74.8 Å². The van der Waals surface area contributed by atoms with Gasteiger partial charge in [0.1, 0.15) is 5.54 Å². The molecule has 154 valence electrons. The molecule has 0 aliphatic heterocycles. The smallest absolute Gasteiger partial charge is 0.323 e. The lowest BCUT2D eigenvalue weighted by Crippen LogP contribution is -2.54. The summed E-state index contributed by atoms with van der Waals surface area (Å²) in [7, 11) is 0. The Morgan fingerprint density at radius 1 is 0.885 bits per heavy atom. The van der Waals surface area contributed by atoms with Crippen molar-refractivity contribution in [2.45, 2.75) is 106 Å². The second-order valence-electron chi connectivity index (χ2n) is 11.6. The Hall–Kier alpha value is -0.830. The zero-order valence-corrected chi connectivity index (χ0v) is 19.0. The van der Waals surface area contributed by atoms with Gasteiger partial charge in [-0.15, -0.1) is 6.58 Å². The Morgan fingerprint density at radius 3 is 1.65 bits per heavy atom. The van der Waals surface area contributed by atoms with Crippen LogP contribution in [-0.4, -0.2) is 16.6 Å². The molecule has 26 heavy (non-hydrogen) atoms. The second-order valence-corrected chi connectivity index (χ2v) is 11.6. The van der Waals surface area contributed by atoms with Gasteiger partial charge < -0.3 is 10.8 Å². The zero-order chi connectivity index (χ0) is 21.0. The first-order valence-corrected chi connectivity index (χ1v) is 10.1. The van der Waals surface area contributed by atoms with Crippen molar-refractivity contribution < 1.29 is 9.90 Å². The summed E-state index contributed by atoms with van der Waals surface area (Å²) in [6.07, 6.45) is 7.01. The third kappa shape index (κ3) is 8.70. The van der Waals surface area contributed by atoms with Crippen LogP contribution in [0.1, 0.15) is 101 Å². The van der Waals surface area contributed by atoms with Gasteiger partial charge in [-0.3, -0.25) is 4.79 Å². The first kappa shape index (κ1) is 25.2. The van der Waals surface area contributed by atoms with E-state index in [9.17, 15) is 9.90 Å². The molecule has 0 radical (unpaired) electrons. The molecular weight excluding hydrogens is 322 g/mol. The van der Waals surface area contributed by atoms with Crippen molar-refractivity contribution in [3.63, 3.8) is 0 Å². The Kier molecular flexibility index (Phi) is 8.19. The molecule has 0 aromatic heterocycles. The van der Waals surface area contributed by atoms with E-state index in [1.54, 1.807) is 0 Å². The molecule has 0 rings (SSSR count). The minimum atomic E-state index is -1.22. The van der Waals surface area contributed by atoms with Crippen molar-refractivity contribution in [1.82, 2.24) is 0 Å². The molecular formula is C23H45NO2. The predicted octanol–water partition coefficient (Wildman–Crippen LogP) is 6.42. The van der Waals surface area contributed by atoms with Crippen LogP contribution in [0.4, 0.5) is 0 Å². The van der Waals surface area contributed by atoms with Crippen LogP contribution < -0.4 is 5.73 Å². The van der Waals surface area contributed by atoms with Crippen molar-refractivity contribution in [1.29, 1.82) is 0 Å². The van der Waals surface area contributed by atoms with Crippen molar-refractivity contribution in [2.75, 3.05) is 0 Å². The number of carbonyl (C=O) groups is 1. The number of aliphatic carboxylic acids is 1. The second kappa shape index (κ2) is 8.46. The third-order valence-corrected chi connectivity index (χ3v) is 5.38. The summed E-state index contributed by atoms with van der Waals surface area (Å²) in [5, 5.41) is 9.97. The topological polar surface area (TPSA) is 63.3 Å². The molecule has 0 saturated carbocycles. The van der Waals surface area contributed by atoms with E-state index in [4.69, 9.17) is 5.73 Å². The summed E-state index contributed by atoms with van der Waals surface area (Å²) < 4.78 is 0. The Labute approximate surface area is 162 Å². The van der Waals surface area contributed by atoms with Crippen molar-refractivity contribution in [3.05, 3.63) is 12.7 Å². The highest BCUT2D eigenvalue weighted by molar-refractivity contribution is 5.78. The Balaban J connectivity index is 5.43. The summed E-state index contributed by atoms with van der Waals surface area (Å²) in [5.74, 6) is -0.886. The molecule has 0 aliphatic rings. The van der Waals surface area contributed by atoms with Gasteiger partial charge in [-0.25, -0.2) is 0 Å². The molecule has 0 aromatic carbocycles. The fourth-order valence-corrected chi connectivity index (χ4v) is 5.41. The van der Waals surface area contributed by atoms with E-state index >= 15 is 0 Å². The highest BCUT2D eigenvalue weighted by Gasteiger charge is 2.45. The highest BCUT2D eigenvalue weighted by atomic mass is 16.4. The molecule has 0 bridgehead atoms. The van der Waals surface area contributed by atoms with Gasteiger partial charge in [0.05, 0.1) is 0 Å².